The molecule has 2 N–H and O–H groups in total. The molecule has 6 nitrogen and oxygen atoms in total. The lowest BCUT2D eigenvalue weighted by molar-refractivity contribution is -0.135. The number of aryl methyl sites for hydroxylation is 1. The number of rotatable bonds is 4. The Morgan fingerprint density at radius 2 is 1.81 bits per heavy atom. The zero-order valence-corrected chi connectivity index (χ0v) is 17.9. The van der Waals surface area contributed by atoms with Crippen molar-refractivity contribution in [1.29, 1.82) is 0 Å². The van der Waals surface area contributed by atoms with E-state index in [0.717, 1.165) is 46.1 Å². The summed E-state index contributed by atoms with van der Waals surface area (Å²) in [6, 6.07) is 20.9. The van der Waals surface area contributed by atoms with E-state index in [1.165, 1.54) is 5.56 Å². The van der Waals surface area contributed by atoms with Gasteiger partial charge in [-0.1, -0.05) is 66.7 Å². The molecule has 1 aliphatic carbocycles. The van der Waals surface area contributed by atoms with Crippen molar-refractivity contribution in [3.05, 3.63) is 83.4 Å². The number of urea groups is 1. The number of benzene rings is 3. The van der Waals surface area contributed by atoms with Gasteiger partial charge in [-0.3, -0.25) is 14.5 Å². The Morgan fingerprint density at radius 1 is 1.06 bits per heavy atom. The normalized spacial score (nSPS) is 22.5. The first kappa shape index (κ1) is 20.2. The minimum atomic E-state index is -1.23. The van der Waals surface area contributed by atoms with E-state index in [0.29, 0.717) is 0 Å². The molecule has 1 aliphatic heterocycles. The lowest BCUT2D eigenvalue weighted by Crippen LogP contribution is -2.44. The van der Waals surface area contributed by atoms with Gasteiger partial charge in [0.05, 0.1) is 6.04 Å². The van der Waals surface area contributed by atoms with Gasteiger partial charge in [-0.2, -0.15) is 0 Å². The second-order valence-corrected chi connectivity index (χ2v) is 8.68. The van der Waals surface area contributed by atoms with Crippen LogP contribution in [0.1, 0.15) is 42.5 Å². The van der Waals surface area contributed by atoms with E-state index in [1.807, 2.05) is 60.7 Å². The second kappa shape index (κ2) is 7.79. The first-order chi connectivity index (χ1) is 15.5. The molecule has 2 aliphatic rings. The molecule has 32 heavy (non-hydrogen) atoms. The summed E-state index contributed by atoms with van der Waals surface area (Å²) in [7, 11) is 0. The third-order valence-electron chi connectivity index (χ3n) is 6.61. The van der Waals surface area contributed by atoms with Crippen molar-refractivity contribution in [2.75, 3.05) is 6.54 Å². The first-order valence-corrected chi connectivity index (χ1v) is 11.0. The maximum atomic E-state index is 13.4. The number of hydrogen-bond donors (Lipinski definition) is 2. The number of nitrogens with one attached hydrogen (secondary N) is 2. The van der Waals surface area contributed by atoms with Gasteiger partial charge < -0.3 is 10.6 Å². The zero-order chi connectivity index (χ0) is 22.3. The summed E-state index contributed by atoms with van der Waals surface area (Å²) in [5, 5.41) is 7.73. The van der Waals surface area contributed by atoms with E-state index < -0.39 is 17.5 Å². The molecular formula is C26H25N3O3. The van der Waals surface area contributed by atoms with Gasteiger partial charge in [0.2, 0.25) is 5.91 Å². The Morgan fingerprint density at radius 3 is 2.69 bits per heavy atom. The van der Waals surface area contributed by atoms with Gasteiger partial charge >= 0.3 is 6.03 Å². The summed E-state index contributed by atoms with van der Waals surface area (Å²) in [6.07, 6.45) is 2.83. The topological polar surface area (TPSA) is 78.5 Å². The fourth-order valence-corrected chi connectivity index (χ4v) is 4.97. The molecule has 1 saturated heterocycles. The summed E-state index contributed by atoms with van der Waals surface area (Å²) >= 11 is 0. The molecule has 0 spiro atoms. The summed E-state index contributed by atoms with van der Waals surface area (Å²) in [6.45, 7) is 1.40. The van der Waals surface area contributed by atoms with Crippen LogP contribution in [0.4, 0.5) is 4.79 Å². The maximum Gasteiger partial charge on any atom is 0.325 e. The number of imide groups is 1. The predicted octanol–water partition coefficient (Wildman–Crippen LogP) is 3.80. The zero-order valence-electron chi connectivity index (χ0n) is 17.9. The van der Waals surface area contributed by atoms with Crippen LogP contribution in [0.25, 0.3) is 10.8 Å². The summed E-state index contributed by atoms with van der Waals surface area (Å²) < 4.78 is 0. The van der Waals surface area contributed by atoms with Crippen LogP contribution in [0.5, 0.6) is 0 Å². The molecule has 0 unspecified atom stereocenters. The van der Waals surface area contributed by atoms with E-state index in [-0.39, 0.29) is 18.5 Å². The van der Waals surface area contributed by atoms with Gasteiger partial charge in [0.25, 0.3) is 5.91 Å². The van der Waals surface area contributed by atoms with Gasteiger partial charge in [0.15, 0.2) is 0 Å². The van der Waals surface area contributed by atoms with Crippen molar-refractivity contribution in [3.63, 3.8) is 0 Å². The number of nitrogens with zero attached hydrogens (tertiary/aromatic N) is 1. The van der Waals surface area contributed by atoms with Crippen LogP contribution in [0, 0.1) is 0 Å². The molecule has 0 saturated carbocycles. The van der Waals surface area contributed by atoms with Gasteiger partial charge in [0.1, 0.15) is 12.1 Å². The number of carbonyl (C=O) groups is 3. The third kappa shape index (κ3) is 3.32. The van der Waals surface area contributed by atoms with Crippen molar-refractivity contribution in [2.45, 2.75) is 37.8 Å². The maximum absolute atomic E-state index is 13.4. The lowest BCUT2D eigenvalue weighted by Gasteiger charge is -2.27. The average molecular weight is 428 g/mol. The van der Waals surface area contributed by atoms with Crippen LogP contribution in [0.15, 0.2) is 66.7 Å². The number of hydrogen-bond acceptors (Lipinski definition) is 3. The molecular weight excluding hydrogens is 402 g/mol. The molecule has 0 aromatic heterocycles. The monoisotopic (exact) mass is 427 g/mol. The predicted molar refractivity (Wildman–Crippen MR) is 122 cm³/mol. The Hall–Kier alpha value is -3.67. The summed E-state index contributed by atoms with van der Waals surface area (Å²) in [5.74, 6) is -0.754. The molecule has 4 amide bonds. The van der Waals surface area contributed by atoms with Gasteiger partial charge in [0, 0.05) is 0 Å². The van der Waals surface area contributed by atoms with Crippen LogP contribution in [0.2, 0.25) is 0 Å². The van der Waals surface area contributed by atoms with Crippen LogP contribution in [-0.4, -0.2) is 29.3 Å². The van der Waals surface area contributed by atoms with E-state index in [2.05, 4.69) is 16.7 Å². The van der Waals surface area contributed by atoms with Crippen LogP contribution in [-0.2, 0) is 21.5 Å². The van der Waals surface area contributed by atoms with Crippen molar-refractivity contribution in [3.8, 4) is 0 Å². The van der Waals surface area contributed by atoms with Crippen LogP contribution in [0.3, 0.4) is 0 Å². The number of carbonyl (C=O) groups excluding carboxylic acids is 3. The van der Waals surface area contributed by atoms with E-state index in [9.17, 15) is 14.4 Å². The molecule has 162 valence electrons. The fourth-order valence-electron chi connectivity index (χ4n) is 4.97. The molecule has 5 rings (SSSR count). The Kier molecular flexibility index (Phi) is 4.93. The highest BCUT2D eigenvalue weighted by molar-refractivity contribution is 6.10. The van der Waals surface area contributed by atoms with Crippen molar-refractivity contribution in [1.82, 2.24) is 15.5 Å². The molecule has 6 heteroatoms. The second-order valence-electron chi connectivity index (χ2n) is 8.68. The summed E-state index contributed by atoms with van der Waals surface area (Å²) in [4.78, 5) is 40.0. The van der Waals surface area contributed by atoms with Crippen LogP contribution >= 0.6 is 0 Å². The Bertz CT molecular complexity index is 1230. The largest absolute Gasteiger partial charge is 0.348 e. The molecule has 2 atom stereocenters. The SMILES string of the molecule is C[C@@]1(c2cccc3ccccc23)NC(=O)N(CC(=O)N[C@H]2CCCc3ccccc32)C1=O. The highest BCUT2D eigenvalue weighted by atomic mass is 16.2. The highest BCUT2D eigenvalue weighted by Gasteiger charge is 2.50. The number of fused-ring (bicyclic) bond motifs is 2. The Balaban J connectivity index is 1.36. The average Bonchev–Trinajstić information content (AvgIpc) is 3.02. The fraction of sp³-hybridized carbons (Fsp3) is 0.269. The first-order valence-electron chi connectivity index (χ1n) is 11.0. The standard InChI is InChI=1S/C26H25N3O3/c1-26(21-14-6-10-17-8-2-4-12-19(17)21)24(31)29(25(32)28-26)16-23(30)27-22-15-7-11-18-9-3-5-13-20(18)22/h2-6,8-10,12-14,22H,7,11,15-16H2,1H3,(H,27,30)(H,28,32)/t22-,26-/m0/s1. The number of amides is 4. The smallest absolute Gasteiger partial charge is 0.325 e. The van der Waals surface area contributed by atoms with Crippen molar-refractivity contribution >= 4 is 28.6 Å². The van der Waals surface area contributed by atoms with E-state index in [4.69, 9.17) is 0 Å². The quantitative estimate of drug-likeness (QED) is 0.622. The molecule has 3 aromatic rings. The molecule has 1 heterocycles. The van der Waals surface area contributed by atoms with Crippen molar-refractivity contribution in [2.24, 2.45) is 0 Å². The minimum Gasteiger partial charge on any atom is -0.348 e. The van der Waals surface area contributed by atoms with Crippen molar-refractivity contribution < 1.29 is 14.4 Å². The third-order valence-corrected chi connectivity index (χ3v) is 6.61. The van der Waals surface area contributed by atoms with E-state index in [1.54, 1.807) is 6.92 Å². The van der Waals surface area contributed by atoms with Crippen LogP contribution < -0.4 is 10.6 Å². The summed E-state index contributed by atoms with van der Waals surface area (Å²) in [5.41, 5.74) is 1.85. The minimum absolute atomic E-state index is 0.0994. The van der Waals surface area contributed by atoms with Gasteiger partial charge in [-0.25, -0.2) is 4.79 Å². The lowest BCUT2D eigenvalue weighted by atomic mass is 9.87. The molecule has 0 radical (unpaired) electrons. The Labute approximate surface area is 186 Å². The molecule has 1 fully saturated rings. The van der Waals surface area contributed by atoms with Gasteiger partial charge in [-0.05, 0) is 53.6 Å². The van der Waals surface area contributed by atoms with E-state index >= 15 is 0 Å². The molecule has 3 aromatic carbocycles. The van der Waals surface area contributed by atoms with Gasteiger partial charge in [-0.15, -0.1) is 0 Å². The highest BCUT2D eigenvalue weighted by Crippen LogP contribution is 2.34. The molecule has 0 bridgehead atoms.